The zero-order valence-electron chi connectivity index (χ0n) is 18.5. The van der Waals surface area contributed by atoms with Crippen LogP contribution in [-0.2, 0) is 19.0 Å². The molecule has 3 aliphatic rings. The van der Waals surface area contributed by atoms with Crippen molar-refractivity contribution in [3.63, 3.8) is 0 Å². The number of benzene rings is 2. The van der Waals surface area contributed by atoms with Gasteiger partial charge in [0.15, 0.2) is 6.10 Å². The molecule has 0 aliphatic carbocycles. The summed E-state index contributed by atoms with van der Waals surface area (Å²) in [6.07, 6.45) is -2.91. The van der Waals surface area contributed by atoms with E-state index in [1.807, 2.05) is 0 Å². The van der Waals surface area contributed by atoms with E-state index < -0.39 is 53.7 Å². The Balaban J connectivity index is 1.45. The number of amides is 1. The Morgan fingerprint density at radius 2 is 1.80 bits per heavy atom. The zero-order valence-corrected chi connectivity index (χ0v) is 18.5. The van der Waals surface area contributed by atoms with Gasteiger partial charge < -0.3 is 39.2 Å². The molecule has 0 aromatic heterocycles. The SMILES string of the molecule is O=C(O)C1OC2(C(O)(O)[C@H]3CN(C(=O)Oc4ccccc4)CC[C@@H]3c3ccc(F)cc3)OCC1O2. The van der Waals surface area contributed by atoms with Crippen LogP contribution in [0.1, 0.15) is 17.9 Å². The fourth-order valence-electron chi connectivity index (χ4n) is 4.92. The first-order valence-corrected chi connectivity index (χ1v) is 11.1. The van der Waals surface area contributed by atoms with E-state index in [1.54, 1.807) is 30.3 Å². The Kier molecular flexibility index (Phi) is 5.98. The number of piperidine rings is 1. The maximum Gasteiger partial charge on any atom is 0.415 e. The van der Waals surface area contributed by atoms with Crippen molar-refractivity contribution in [1.29, 1.82) is 0 Å². The second-order valence-electron chi connectivity index (χ2n) is 8.81. The van der Waals surface area contributed by atoms with Crippen molar-refractivity contribution in [2.45, 2.75) is 36.3 Å². The predicted molar refractivity (Wildman–Crippen MR) is 115 cm³/mol. The minimum Gasteiger partial charge on any atom is -0.479 e. The molecule has 3 N–H and O–H groups in total. The molecule has 186 valence electrons. The summed E-state index contributed by atoms with van der Waals surface area (Å²) in [5.41, 5.74) is 0.596. The second kappa shape index (κ2) is 8.85. The van der Waals surface area contributed by atoms with Crippen LogP contribution in [0.2, 0.25) is 0 Å². The van der Waals surface area contributed by atoms with E-state index in [2.05, 4.69) is 0 Å². The Morgan fingerprint density at radius 3 is 2.46 bits per heavy atom. The summed E-state index contributed by atoms with van der Waals surface area (Å²) in [7, 11) is 0. The molecule has 3 fully saturated rings. The lowest BCUT2D eigenvalue weighted by Gasteiger charge is -2.47. The number of ether oxygens (including phenoxy) is 4. The highest BCUT2D eigenvalue weighted by atomic mass is 19.1. The van der Waals surface area contributed by atoms with Crippen LogP contribution in [0.25, 0.3) is 0 Å². The fraction of sp³-hybridized carbons (Fsp3) is 0.417. The highest BCUT2D eigenvalue weighted by Gasteiger charge is 2.71. The highest BCUT2D eigenvalue weighted by Crippen LogP contribution is 2.50. The second-order valence-corrected chi connectivity index (χ2v) is 8.81. The normalized spacial score (nSPS) is 30.3. The molecule has 2 aromatic carbocycles. The third-order valence-corrected chi connectivity index (χ3v) is 6.69. The monoisotopic (exact) mass is 489 g/mol. The molecular formula is C24H24FNO9. The Morgan fingerprint density at radius 1 is 1.09 bits per heavy atom. The highest BCUT2D eigenvalue weighted by molar-refractivity contribution is 5.73. The van der Waals surface area contributed by atoms with Crippen LogP contribution in [0, 0.1) is 11.7 Å². The van der Waals surface area contributed by atoms with Crippen LogP contribution in [0.5, 0.6) is 5.75 Å². The summed E-state index contributed by atoms with van der Waals surface area (Å²) < 4.78 is 35.3. The van der Waals surface area contributed by atoms with Crippen molar-refractivity contribution < 1.29 is 48.2 Å². The number of halogens is 1. The van der Waals surface area contributed by atoms with Gasteiger partial charge in [-0.15, -0.1) is 0 Å². The number of carbonyl (C=O) groups excluding carboxylic acids is 1. The molecule has 1 amide bonds. The lowest BCUT2D eigenvalue weighted by molar-refractivity contribution is -0.454. The number of carboxylic acids is 1. The molecule has 3 saturated heterocycles. The third-order valence-electron chi connectivity index (χ3n) is 6.69. The number of aliphatic carboxylic acids is 1. The number of likely N-dealkylation sites (tertiary alicyclic amines) is 1. The lowest BCUT2D eigenvalue weighted by Crippen LogP contribution is -2.65. The summed E-state index contributed by atoms with van der Waals surface area (Å²) in [5.74, 6) is -8.56. The first-order valence-electron chi connectivity index (χ1n) is 11.1. The average Bonchev–Trinajstić information content (AvgIpc) is 3.46. The minimum atomic E-state index is -2.88. The first-order chi connectivity index (χ1) is 16.7. The van der Waals surface area contributed by atoms with Crippen molar-refractivity contribution in [3.05, 3.63) is 66.0 Å². The molecule has 0 radical (unpaired) electrons. The largest absolute Gasteiger partial charge is 0.479 e. The number of nitrogens with zero attached hydrogens (tertiary/aromatic N) is 1. The van der Waals surface area contributed by atoms with Gasteiger partial charge >= 0.3 is 18.0 Å². The Bertz CT molecular complexity index is 1100. The smallest absolute Gasteiger partial charge is 0.415 e. The molecule has 3 heterocycles. The fourth-order valence-corrected chi connectivity index (χ4v) is 4.92. The molecule has 5 atom stereocenters. The molecular weight excluding hydrogens is 465 g/mol. The number of rotatable bonds is 5. The van der Waals surface area contributed by atoms with Crippen molar-refractivity contribution in [2.75, 3.05) is 19.7 Å². The predicted octanol–water partition coefficient (Wildman–Crippen LogP) is 1.66. The van der Waals surface area contributed by atoms with E-state index in [9.17, 15) is 29.3 Å². The first kappa shape index (κ1) is 23.6. The minimum absolute atomic E-state index is 0.207. The number of carboxylic acid groups (broad SMARTS) is 1. The van der Waals surface area contributed by atoms with Crippen LogP contribution in [0.4, 0.5) is 9.18 Å². The van der Waals surface area contributed by atoms with E-state index in [0.717, 1.165) is 0 Å². The molecule has 5 rings (SSSR count). The van der Waals surface area contributed by atoms with E-state index in [-0.39, 0.29) is 26.1 Å². The van der Waals surface area contributed by atoms with Crippen LogP contribution in [0.3, 0.4) is 0 Å². The van der Waals surface area contributed by atoms with Crippen LogP contribution in [0.15, 0.2) is 54.6 Å². The van der Waals surface area contributed by atoms with E-state index in [0.29, 0.717) is 11.3 Å². The van der Waals surface area contributed by atoms with Gasteiger partial charge in [-0.2, -0.15) is 0 Å². The van der Waals surface area contributed by atoms with Crippen molar-refractivity contribution >= 4 is 12.1 Å². The number of para-hydroxylation sites is 1. The summed E-state index contributed by atoms with van der Waals surface area (Å²) in [6, 6.07) is 14.0. The van der Waals surface area contributed by atoms with Crippen LogP contribution in [-0.4, -0.2) is 75.9 Å². The third kappa shape index (κ3) is 4.15. The summed E-state index contributed by atoms with van der Waals surface area (Å²) >= 11 is 0. The van der Waals surface area contributed by atoms with Crippen LogP contribution < -0.4 is 4.74 Å². The van der Waals surface area contributed by atoms with Gasteiger partial charge in [-0.1, -0.05) is 30.3 Å². The molecule has 10 nitrogen and oxygen atoms in total. The summed E-state index contributed by atoms with van der Waals surface area (Å²) in [4.78, 5) is 25.7. The Labute approximate surface area is 199 Å². The Hall–Kier alpha value is -3.09. The molecule has 0 spiro atoms. The molecule has 0 saturated carbocycles. The zero-order chi connectivity index (χ0) is 24.8. The molecule has 2 bridgehead atoms. The van der Waals surface area contributed by atoms with Gasteiger partial charge in [-0.3, -0.25) is 0 Å². The van der Waals surface area contributed by atoms with E-state index in [1.165, 1.54) is 29.2 Å². The summed E-state index contributed by atoms with van der Waals surface area (Å²) in [5, 5.41) is 32.3. The molecule has 11 heteroatoms. The standard InChI is InChI=1S/C24H24FNO9/c25-15-8-6-14(7-9-15)17-10-11-26(22(29)33-16-4-2-1-3-5-16)12-18(17)23(30,31)24-32-13-19(34-24)20(35-24)21(27)28/h1-9,17-20,30-31H,10-13H2,(H,27,28)/t17-,18+,19?,20?,24?/m1/s1. The average molecular weight is 489 g/mol. The van der Waals surface area contributed by atoms with Gasteiger partial charge in [0.2, 0.25) is 0 Å². The van der Waals surface area contributed by atoms with E-state index >= 15 is 0 Å². The number of hydrogen-bond donors (Lipinski definition) is 3. The van der Waals surface area contributed by atoms with Crippen molar-refractivity contribution in [1.82, 2.24) is 4.90 Å². The number of carbonyl (C=O) groups is 2. The molecule has 3 unspecified atom stereocenters. The van der Waals surface area contributed by atoms with Gasteiger partial charge in [-0.05, 0) is 42.2 Å². The van der Waals surface area contributed by atoms with E-state index in [4.69, 9.17) is 18.9 Å². The molecule has 35 heavy (non-hydrogen) atoms. The van der Waals surface area contributed by atoms with Gasteiger partial charge in [-0.25, -0.2) is 14.0 Å². The maximum absolute atomic E-state index is 13.6. The van der Waals surface area contributed by atoms with Gasteiger partial charge in [0.05, 0.1) is 6.61 Å². The van der Waals surface area contributed by atoms with Crippen LogP contribution >= 0.6 is 0 Å². The van der Waals surface area contributed by atoms with Gasteiger partial charge in [0.1, 0.15) is 17.7 Å². The molecule has 2 aromatic rings. The maximum atomic E-state index is 13.6. The van der Waals surface area contributed by atoms with Crippen molar-refractivity contribution in [2.24, 2.45) is 5.92 Å². The quantitative estimate of drug-likeness (QED) is 0.536. The topological polar surface area (TPSA) is 135 Å². The number of hydrogen-bond acceptors (Lipinski definition) is 8. The number of aliphatic hydroxyl groups is 2. The van der Waals surface area contributed by atoms with Crippen molar-refractivity contribution in [3.8, 4) is 5.75 Å². The number of fused-ring (bicyclic) bond motifs is 2. The van der Waals surface area contributed by atoms with Gasteiger partial charge in [0.25, 0.3) is 5.79 Å². The lowest BCUT2D eigenvalue weighted by atomic mass is 9.75. The summed E-state index contributed by atoms with van der Waals surface area (Å²) in [6.45, 7) is -0.204. The van der Waals surface area contributed by atoms with Gasteiger partial charge in [0, 0.05) is 19.0 Å². The molecule has 3 aliphatic heterocycles.